The van der Waals surface area contributed by atoms with Gasteiger partial charge in [-0.05, 0) is 53.6 Å². The molecule has 1 unspecified atom stereocenters. The number of benzene rings is 2. The Kier molecular flexibility index (Phi) is 2.30. The average Bonchev–Trinajstić information content (AvgIpc) is 2.34. The third kappa shape index (κ3) is 1.50. The second kappa shape index (κ2) is 3.71. The maximum absolute atomic E-state index is 10.5. The molecule has 1 nitrogen and oxygen atoms in total. The van der Waals surface area contributed by atoms with Gasteiger partial charge in [-0.25, -0.2) is 0 Å². The van der Waals surface area contributed by atoms with Gasteiger partial charge in [0.15, 0.2) is 0 Å². The highest BCUT2D eigenvalue weighted by atomic mass is 16.3. The molecule has 1 N–H and O–H groups in total. The van der Waals surface area contributed by atoms with Gasteiger partial charge in [0.2, 0.25) is 0 Å². The van der Waals surface area contributed by atoms with Crippen molar-refractivity contribution in [3.05, 3.63) is 69.8 Å². The van der Waals surface area contributed by atoms with Gasteiger partial charge in [-0.15, -0.1) is 0 Å². The highest BCUT2D eigenvalue weighted by Gasteiger charge is 2.25. The zero-order valence-electron chi connectivity index (χ0n) is 10.2. The first kappa shape index (κ1) is 10.5. The van der Waals surface area contributed by atoms with Gasteiger partial charge in [-0.1, -0.05) is 36.4 Å². The molecule has 0 saturated heterocycles. The van der Waals surface area contributed by atoms with Crippen LogP contribution in [-0.4, -0.2) is 5.11 Å². The molecule has 0 radical (unpaired) electrons. The maximum atomic E-state index is 10.5. The van der Waals surface area contributed by atoms with Crippen LogP contribution in [0.5, 0.6) is 0 Å². The van der Waals surface area contributed by atoms with E-state index in [4.69, 9.17) is 0 Å². The molecule has 0 saturated carbocycles. The number of fused-ring (bicyclic) bond motifs is 2. The third-order valence-corrected chi connectivity index (χ3v) is 3.88. The number of hydrogen-bond donors (Lipinski definition) is 1. The van der Waals surface area contributed by atoms with Crippen LogP contribution in [0.25, 0.3) is 0 Å². The van der Waals surface area contributed by atoms with E-state index in [2.05, 4.69) is 32.0 Å². The van der Waals surface area contributed by atoms with E-state index in [9.17, 15) is 5.11 Å². The lowest BCUT2D eigenvalue weighted by Crippen LogP contribution is -2.15. The van der Waals surface area contributed by atoms with Gasteiger partial charge >= 0.3 is 0 Å². The van der Waals surface area contributed by atoms with Gasteiger partial charge in [0.05, 0.1) is 0 Å². The average molecular weight is 224 g/mol. The normalized spacial score (nSPS) is 17.5. The van der Waals surface area contributed by atoms with Crippen molar-refractivity contribution in [1.82, 2.24) is 0 Å². The Bertz CT molecular complexity index is 584. The van der Waals surface area contributed by atoms with E-state index in [-0.39, 0.29) is 0 Å². The van der Waals surface area contributed by atoms with E-state index in [0.717, 1.165) is 17.5 Å². The number of aryl methyl sites for hydroxylation is 1. The second-order valence-corrected chi connectivity index (χ2v) is 4.86. The van der Waals surface area contributed by atoms with Crippen LogP contribution >= 0.6 is 0 Å². The standard InChI is InChI=1S/C16H16O/c1-10-7-8-13-9-12-5-3-4-6-14(12)16(17)15(13)11(10)2/h3-8,16-17H,9H2,1-2H3. The summed E-state index contributed by atoms with van der Waals surface area (Å²) in [6, 6.07) is 12.5. The lowest BCUT2D eigenvalue weighted by molar-refractivity contribution is 0.214. The summed E-state index contributed by atoms with van der Waals surface area (Å²) in [4.78, 5) is 0. The number of aliphatic hydroxyl groups excluding tert-OH is 1. The molecular weight excluding hydrogens is 208 g/mol. The highest BCUT2D eigenvalue weighted by molar-refractivity contribution is 5.52. The van der Waals surface area contributed by atoms with E-state index >= 15 is 0 Å². The van der Waals surface area contributed by atoms with Crippen LogP contribution in [0.4, 0.5) is 0 Å². The van der Waals surface area contributed by atoms with Gasteiger partial charge in [0.1, 0.15) is 6.10 Å². The summed E-state index contributed by atoms with van der Waals surface area (Å²) in [5, 5.41) is 10.5. The number of hydrogen-bond acceptors (Lipinski definition) is 1. The third-order valence-electron chi connectivity index (χ3n) is 3.88. The lowest BCUT2D eigenvalue weighted by atomic mass is 9.81. The van der Waals surface area contributed by atoms with Crippen LogP contribution in [-0.2, 0) is 6.42 Å². The summed E-state index contributed by atoms with van der Waals surface area (Å²) in [5.41, 5.74) is 7.17. The topological polar surface area (TPSA) is 20.2 Å². The van der Waals surface area contributed by atoms with Crippen LogP contribution in [0.2, 0.25) is 0 Å². The van der Waals surface area contributed by atoms with Gasteiger partial charge in [-0.2, -0.15) is 0 Å². The Balaban J connectivity index is 2.24. The predicted molar refractivity (Wildman–Crippen MR) is 69.2 cm³/mol. The molecule has 0 spiro atoms. The maximum Gasteiger partial charge on any atom is 0.105 e. The van der Waals surface area contributed by atoms with Crippen molar-refractivity contribution in [2.75, 3.05) is 0 Å². The quantitative estimate of drug-likeness (QED) is 0.728. The minimum atomic E-state index is -0.463. The van der Waals surface area contributed by atoms with Crippen molar-refractivity contribution in [2.24, 2.45) is 0 Å². The van der Waals surface area contributed by atoms with Gasteiger partial charge in [0.25, 0.3) is 0 Å². The lowest BCUT2D eigenvalue weighted by Gasteiger charge is -2.27. The summed E-state index contributed by atoms with van der Waals surface area (Å²) < 4.78 is 0. The van der Waals surface area contributed by atoms with Crippen LogP contribution < -0.4 is 0 Å². The van der Waals surface area contributed by atoms with E-state index in [1.54, 1.807) is 0 Å². The Morgan fingerprint density at radius 3 is 2.59 bits per heavy atom. The first-order valence-corrected chi connectivity index (χ1v) is 6.03. The van der Waals surface area contributed by atoms with Crippen molar-refractivity contribution in [3.63, 3.8) is 0 Å². The van der Waals surface area contributed by atoms with Gasteiger partial charge < -0.3 is 5.11 Å². The summed E-state index contributed by atoms with van der Waals surface area (Å²) in [7, 11) is 0. The molecule has 2 aromatic carbocycles. The van der Waals surface area contributed by atoms with E-state index in [1.165, 1.54) is 22.3 Å². The molecule has 1 atom stereocenters. The van der Waals surface area contributed by atoms with Crippen LogP contribution in [0, 0.1) is 13.8 Å². The fraction of sp³-hybridized carbons (Fsp3) is 0.250. The Labute approximate surface area is 102 Å². The second-order valence-electron chi connectivity index (χ2n) is 4.86. The molecule has 1 aliphatic rings. The van der Waals surface area contributed by atoms with E-state index in [1.807, 2.05) is 18.2 Å². The van der Waals surface area contributed by atoms with Crippen molar-refractivity contribution < 1.29 is 5.11 Å². The monoisotopic (exact) mass is 224 g/mol. The van der Waals surface area contributed by atoms with Crippen molar-refractivity contribution in [3.8, 4) is 0 Å². The molecule has 0 aliphatic heterocycles. The number of aliphatic hydroxyl groups is 1. The predicted octanol–water partition coefficient (Wildman–Crippen LogP) is 3.29. The smallest absolute Gasteiger partial charge is 0.105 e. The van der Waals surface area contributed by atoms with Crippen LogP contribution in [0.15, 0.2) is 36.4 Å². The molecule has 1 heteroatoms. The van der Waals surface area contributed by atoms with E-state index < -0.39 is 6.10 Å². The molecular formula is C16H16O. The first-order chi connectivity index (χ1) is 8.18. The van der Waals surface area contributed by atoms with Gasteiger partial charge in [0, 0.05) is 0 Å². The Morgan fingerprint density at radius 1 is 1.00 bits per heavy atom. The molecule has 0 heterocycles. The molecule has 3 rings (SSSR count). The summed E-state index contributed by atoms with van der Waals surface area (Å²) in [5.74, 6) is 0. The summed E-state index contributed by atoms with van der Waals surface area (Å²) in [6.07, 6.45) is 0.471. The van der Waals surface area contributed by atoms with Crippen molar-refractivity contribution >= 4 is 0 Å². The molecule has 1 aliphatic carbocycles. The fourth-order valence-electron chi connectivity index (χ4n) is 2.75. The SMILES string of the molecule is Cc1ccc2c(c1C)C(O)c1ccccc1C2. The molecule has 0 amide bonds. The molecule has 17 heavy (non-hydrogen) atoms. The minimum Gasteiger partial charge on any atom is -0.384 e. The summed E-state index contributed by atoms with van der Waals surface area (Å²) in [6.45, 7) is 4.20. The van der Waals surface area contributed by atoms with Crippen LogP contribution in [0.1, 0.15) is 39.5 Å². The molecule has 2 aromatic rings. The van der Waals surface area contributed by atoms with Crippen molar-refractivity contribution in [2.45, 2.75) is 26.4 Å². The van der Waals surface area contributed by atoms with Crippen LogP contribution in [0.3, 0.4) is 0 Å². The first-order valence-electron chi connectivity index (χ1n) is 6.03. The highest BCUT2D eigenvalue weighted by Crippen LogP contribution is 2.37. The number of rotatable bonds is 0. The zero-order valence-corrected chi connectivity index (χ0v) is 10.2. The molecule has 86 valence electrons. The Morgan fingerprint density at radius 2 is 1.76 bits per heavy atom. The zero-order chi connectivity index (χ0) is 12.0. The molecule has 0 bridgehead atoms. The molecule has 0 aromatic heterocycles. The minimum absolute atomic E-state index is 0.463. The van der Waals surface area contributed by atoms with Gasteiger partial charge in [-0.3, -0.25) is 0 Å². The summed E-state index contributed by atoms with van der Waals surface area (Å²) >= 11 is 0. The largest absolute Gasteiger partial charge is 0.384 e. The van der Waals surface area contributed by atoms with E-state index in [0.29, 0.717) is 0 Å². The fourth-order valence-corrected chi connectivity index (χ4v) is 2.75. The molecule has 0 fully saturated rings. The Hall–Kier alpha value is -1.60. The van der Waals surface area contributed by atoms with Crippen molar-refractivity contribution in [1.29, 1.82) is 0 Å².